The highest BCUT2D eigenvalue weighted by molar-refractivity contribution is 5.02. The normalized spacial score (nSPS) is 10.3. The molecule has 0 bridgehead atoms. The summed E-state index contributed by atoms with van der Waals surface area (Å²) in [6.07, 6.45) is 2.95. The van der Waals surface area contributed by atoms with E-state index < -0.39 is 5.95 Å². The molecule has 0 fully saturated rings. The zero-order valence-electron chi connectivity index (χ0n) is 6.81. The van der Waals surface area contributed by atoms with Crippen molar-refractivity contribution in [2.75, 3.05) is 5.73 Å². The van der Waals surface area contributed by atoms with Crippen LogP contribution in [0.25, 0.3) is 5.95 Å². The Morgan fingerprint density at radius 1 is 1.29 bits per heavy atom. The number of hydrogen-bond acceptors (Lipinski definition) is 6. The second-order valence-corrected chi connectivity index (χ2v) is 2.35. The minimum atomic E-state index is -0.638. The first-order valence-electron chi connectivity index (χ1n) is 3.55. The highest BCUT2D eigenvalue weighted by atomic mass is 16.5. The van der Waals surface area contributed by atoms with Crippen LogP contribution in [0.15, 0.2) is 18.5 Å². The monoisotopic (exact) mass is 195 g/mol. The Bertz CT molecular complexity index is 430. The summed E-state index contributed by atoms with van der Waals surface area (Å²) in [7, 11) is 0. The fourth-order valence-corrected chi connectivity index (χ4v) is 0.837. The summed E-state index contributed by atoms with van der Waals surface area (Å²) in [5, 5.41) is 32.4. The third kappa shape index (κ3) is 1.16. The average molecular weight is 195 g/mol. The molecule has 2 aromatic rings. The summed E-state index contributed by atoms with van der Waals surface area (Å²) in [6.45, 7) is 0. The van der Waals surface area contributed by atoms with Crippen LogP contribution >= 0.6 is 0 Å². The smallest absolute Gasteiger partial charge is 0.581 e. The summed E-state index contributed by atoms with van der Waals surface area (Å²) < 4.78 is 1.17. The lowest BCUT2D eigenvalue weighted by molar-refractivity contribution is -0.781. The molecule has 0 aliphatic heterocycles. The van der Waals surface area contributed by atoms with Crippen molar-refractivity contribution in [3.63, 3.8) is 0 Å². The lowest BCUT2D eigenvalue weighted by Crippen LogP contribution is -2.51. The lowest BCUT2D eigenvalue weighted by atomic mass is 10.7. The van der Waals surface area contributed by atoms with Crippen molar-refractivity contribution in [2.45, 2.75) is 0 Å². The molecule has 0 atom stereocenters. The van der Waals surface area contributed by atoms with E-state index in [0.29, 0.717) is 0 Å². The molecule has 0 saturated carbocycles. The van der Waals surface area contributed by atoms with Crippen LogP contribution in [0.1, 0.15) is 0 Å². The molecule has 9 heteroatoms. The van der Waals surface area contributed by atoms with Crippen LogP contribution in [-0.4, -0.2) is 20.0 Å². The van der Waals surface area contributed by atoms with Gasteiger partial charge in [-0.3, -0.25) is 0 Å². The first-order valence-corrected chi connectivity index (χ1v) is 3.55. The summed E-state index contributed by atoms with van der Waals surface area (Å²) in [6, 6.07) is 1.60. The SMILES string of the molecule is Nc1[n+]([O-])nc(-n2cccn2)n[n+]1[O-]. The van der Waals surface area contributed by atoms with Gasteiger partial charge in [0.05, 0.1) is 0 Å². The Morgan fingerprint density at radius 2 is 1.93 bits per heavy atom. The maximum atomic E-state index is 10.9. The van der Waals surface area contributed by atoms with E-state index in [1.165, 1.54) is 17.1 Å². The number of nitrogens with two attached hydrogens (primary N) is 1. The van der Waals surface area contributed by atoms with E-state index in [-0.39, 0.29) is 15.6 Å². The van der Waals surface area contributed by atoms with Gasteiger partial charge in [0, 0.05) is 22.6 Å². The van der Waals surface area contributed by atoms with Gasteiger partial charge in [-0.05, 0) is 15.8 Å². The first kappa shape index (κ1) is 8.16. The van der Waals surface area contributed by atoms with Gasteiger partial charge in [-0.1, -0.05) is 0 Å². The molecule has 0 unspecified atom stereocenters. The third-order valence-electron chi connectivity index (χ3n) is 1.46. The fourth-order valence-electron chi connectivity index (χ4n) is 0.837. The van der Waals surface area contributed by atoms with Crippen molar-refractivity contribution in [3.05, 3.63) is 28.9 Å². The Kier molecular flexibility index (Phi) is 1.63. The fraction of sp³-hybridized carbons (Fsp3) is 0. The quantitative estimate of drug-likeness (QED) is 0.396. The number of rotatable bonds is 1. The van der Waals surface area contributed by atoms with Gasteiger partial charge in [0.15, 0.2) is 0 Å². The van der Waals surface area contributed by atoms with E-state index in [1.807, 2.05) is 0 Å². The van der Waals surface area contributed by atoms with E-state index in [9.17, 15) is 10.4 Å². The largest absolute Gasteiger partial charge is 0.654 e. The van der Waals surface area contributed by atoms with E-state index in [0.717, 1.165) is 0 Å². The Hall–Kier alpha value is -2.45. The summed E-state index contributed by atoms with van der Waals surface area (Å²) >= 11 is 0. The molecule has 0 radical (unpaired) electrons. The predicted octanol–water partition coefficient (Wildman–Crippen LogP) is -2.49. The molecule has 2 N–H and O–H groups in total. The molecule has 14 heavy (non-hydrogen) atoms. The zero-order valence-corrected chi connectivity index (χ0v) is 6.81. The second kappa shape index (κ2) is 2.80. The van der Waals surface area contributed by atoms with Gasteiger partial charge < -0.3 is 10.4 Å². The number of aromatic nitrogens is 6. The van der Waals surface area contributed by atoms with Crippen molar-refractivity contribution < 1.29 is 9.69 Å². The van der Waals surface area contributed by atoms with Crippen LogP contribution in [0.4, 0.5) is 5.95 Å². The molecule has 0 amide bonds. The molecule has 0 saturated heterocycles. The molecule has 0 aliphatic carbocycles. The molecule has 72 valence electrons. The lowest BCUT2D eigenvalue weighted by Gasteiger charge is -2.02. The number of anilines is 1. The summed E-state index contributed by atoms with van der Waals surface area (Å²) in [5.41, 5.74) is 5.05. The third-order valence-corrected chi connectivity index (χ3v) is 1.46. The molecular formula is C5H5N7O2. The molecule has 9 nitrogen and oxygen atoms in total. The molecule has 2 aromatic heterocycles. The number of nitrogen functional groups attached to an aromatic ring is 1. The van der Waals surface area contributed by atoms with E-state index in [4.69, 9.17) is 5.73 Å². The van der Waals surface area contributed by atoms with Gasteiger partial charge in [0.2, 0.25) is 0 Å². The molecule has 0 aliphatic rings. The van der Waals surface area contributed by atoms with Crippen molar-refractivity contribution in [1.29, 1.82) is 0 Å². The molecule has 0 spiro atoms. The molecule has 0 aromatic carbocycles. The van der Waals surface area contributed by atoms with Gasteiger partial charge in [0.1, 0.15) is 0 Å². The van der Waals surface area contributed by atoms with E-state index in [2.05, 4.69) is 15.3 Å². The molecule has 2 heterocycles. The zero-order chi connectivity index (χ0) is 10.1. The highest BCUT2D eigenvalue weighted by Gasteiger charge is 2.16. The molecular weight excluding hydrogens is 190 g/mol. The van der Waals surface area contributed by atoms with Gasteiger partial charge in [-0.25, -0.2) is 5.73 Å². The Labute approximate surface area is 77.2 Å². The number of hydrogen-bond donors (Lipinski definition) is 1. The predicted molar refractivity (Wildman–Crippen MR) is 41.5 cm³/mol. The van der Waals surface area contributed by atoms with Crippen molar-refractivity contribution in [3.8, 4) is 5.95 Å². The number of nitrogens with zero attached hydrogens (tertiary/aromatic N) is 6. The van der Waals surface area contributed by atoms with Gasteiger partial charge in [-0.2, -0.15) is 9.78 Å². The van der Waals surface area contributed by atoms with Crippen LogP contribution in [0.5, 0.6) is 0 Å². The minimum Gasteiger partial charge on any atom is -0.654 e. The maximum absolute atomic E-state index is 10.9. The van der Waals surface area contributed by atoms with Crippen molar-refractivity contribution in [1.82, 2.24) is 20.0 Å². The Morgan fingerprint density at radius 3 is 2.43 bits per heavy atom. The first-order chi connectivity index (χ1) is 6.68. The van der Waals surface area contributed by atoms with Crippen LogP contribution in [0.2, 0.25) is 0 Å². The van der Waals surface area contributed by atoms with Gasteiger partial charge in [0.25, 0.3) is 0 Å². The summed E-state index contributed by atoms with van der Waals surface area (Å²) in [5.74, 6) is -0.782. The van der Waals surface area contributed by atoms with E-state index in [1.54, 1.807) is 6.07 Å². The standard InChI is InChI=1S/C5H5N7O2/c6-4-11(13)8-5(9-12(4)14)10-3-1-2-7-10/h1-3H,6H2. The maximum Gasteiger partial charge on any atom is 0.581 e. The Balaban J connectivity index is 2.57. The topological polar surface area (TPSA) is 124 Å². The second-order valence-electron chi connectivity index (χ2n) is 2.35. The van der Waals surface area contributed by atoms with Crippen LogP contribution in [0.3, 0.4) is 0 Å². The van der Waals surface area contributed by atoms with E-state index >= 15 is 0 Å². The van der Waals surface area contributed by atoms with Crippen molar-refractivity contribution >= 4 is 5.95 Å². The van der Waals surface area contributed by atoms with Crippen LogP contribution < -0.4 is 15.4 Å². The van der Waals surface area contributed by atoms with Crippen LogP contribution in [-0.2, 0) is 0 Å². The van der Waals surface area contributed by atoms with Crippen molar-refractivity contribution in [2.24, 2.45) is 0 Å². The minimum absolute atomic E-state index is 0.0169. The van der Waals surface area contributed by atoms with Gasteiger partial charge in [-0.15, -0.1) is 0 Å². The van der Waals surface area contributed by atoms with Crippen LogP contribution in [0, 0.1) is 10.4 Å². The average Bonchev–Trinajstić information content (AvgIpc) is 2.66. The summed E-state index contributed by atoms with van der Waals surface area (Å²) in [4.78, 5) is -0.0337. The highest BCUT2D eigenvalue weighted by Crippen LogP contribution is 1.92. The van der Waals surface area contributed by atoms with Gasteiger partial charge >= 0.3 is 11.9 Å². The molecule has 2 rings (SSSR count).